The van der Waals surface area contributed by atoms with Crippen LogP contribution in [0.4, 0.5) is 5.82 Å². The van der Waals surface area contributed by atoms with Gasteiger partial charge >= 0.3 is 0 Å². The van der Waals surface area contributed by atoms with Crippen molar-refractivity contribution in [3.8, 4) is 0 Å². The SMILES string of the molecule is CCCN(CC)c1ncncc1CNCC(C)C. The molecule has 1 heterocycles. The molecule has 1 rings (SSSR count). The molecule has 0 aliphatic heterocycles. The lowest BCUT2D eigenvalue weighted by molar-refractivity contribution is 0.550. The Labute approximate surface area is 111 Å². The first-order valence-corrected chi connectivity index (χ1v) is 6.93. The second-order valence-electron chi connectivity index (χ2n) is 4.98. The van der Waals surface area contributed by atoms with E-state index < -0.39 is 0 Å². The highest BCUT2D eigenvalue weighted by molar-refractivity contribution is 5.45. The van der Waals surface area contributed by atoms with Gasteiger partial charge < -0.3 is 10.2 Å². The number of aromatic nitrogens is 2. The second kappa shape index (κ2) is 8.03. The summed E-state index contributed by atoms with van der Waals surface area (Å²) in [5.74, 6) is 1.74. The third-order valence-electron chi connectivity index (χ3n) is 2.81. The topological polar surface area (TPSA) is 41.1 Å². The Morgan fingerprint density at radius 3 is 2.72 bits per heavy atom. The molecule has 0 aromatic carbocycles. The van der Waals surface area contributed by atoms with Crippen LogP contribution in [-0.4, -0.2) is 29.6 Å². The Hall–Kier alpha value is -1.16. The van der Waals surface area contributed by atoms with Crippen molar-refractivity contribution < 1.29 is 0 Å². The monoisotopic (exact) mass is 250 g/mol. The maximum absolute atomic E-state index is 4.44. The molecular weight excluding hydrogens is 224 g/mol. The van der Waals surface area contributed by atoms with Crippen LogP contribution in [-0.2, 0) is 6.54 Å². The van der Waals surface area contributed by atoms with Crippen molar-refractivity contribution in [1.82, 2.24) is 15.3 Å². The van der Waals surface area contributed by atoms with E-state index in [0.717, 1.165) is 38.4 Å². The van der Waals surface area contributed by atoms with Crippen molar-refractivity contribution >= 4 is 5.82 Å². The molecule has 0 saturated heterocycles. The summed E-state index contributed by atoms with van der Waals surface area (Å²) in [6.45, 7) is 12.7. The molecule has 1 aromatic heterocycles. The summed E-state index contributed by atoms with van der Waals surface area (Å²) >= 11 is 0. The summed E-state index contributed by atoms with van der Waals surface area (Å²) in [4.78, 5) is 10.9. The lowest BCUT2D eigenvalue weighted by Gasteiger charge is -2.23. The second-order valence-corrected chi connectivity index (χ2v) is 4.98. The van der Waals surface area contributed by atoms with Gasteiger partial charge in [-0.15, -0.1) is 0 Å². The van der Waals surface area contributed by atoms with Gasteiger partial charge in [-0.2, -0.15) is 0 Å². The quantitative estimate of drug-likeness (QED) is 0.769. The maximum atomic E-state index is 4.44. The van der Waals surface area contributed by atoms with Crippen molar-refractivity contribution in [2.45, 2.75) is 40.7 Å². The summed E-state index contributed by atoms with van der Waals surface area (Å²) in [6.07, 6.45) is 4.70. The van der Waals surface area contributed by atoms with Gasteiger partial charge in [0, 0.05) is 31.4 Å². The van der Waals surface area contributed by atoms with E-state index in [1.807, 2.05) is 6.20 Å². The van der Waals surface area contributed by atoms with Crippen LogP contribution in [0, 0.1) is 5.92 Å². The first-order chi connectivity index (χ1) is 8.69. The van der Waals surface area contributed by atoms with Gasteiger partial charge in [0.2, 0.25) is 0 Å². The largest absolute Gasteiger partial charge is 0.357 e. The fourth-order valence-electron chi connectivity index (χ4n) is 1.94. The molecule has 0 atom stereocenters. The minimum Gasteiger partial charge on any atom is -0.357 e. The normalized spacial score (nSPS) is 10.9. The Bertz CT molecular complexity index is 338. The molecular formula is C14H26N4. The van der Waals surface area contributed by atoms with Crippen LogP contribution < -0.4 is 10.2 Å². The van der Waals surface area contributed by atoms with Gasteiger partial charge in [0.25, 0.3) is 0 Å². The van der Waals surface area contributed by atoms with Gasteiger partial charge in [0.15, 0.2) is 0 Å². The zero-order valence-corrected chi connectivity index (χ0v) is 12.1. The van der Waals surface area contributed by atoms with Gasteiger partial charge in [-0.05, 0) is 25.8 Å². The molecule has 18 heavy (non-hydrogen) atoms. The first-order valence-electron chi connectivity index (χ1n) is 6.93. The summed E-state index contributed by atoms with van der Waals surface area (Å²) < 4.78 is 0. The van der Waals surface area contributed by atoms with E-state index in [1.54, 1.807) is 6.33 Å². The average molecular weight is 250 g/mol. The highest BCUT2D eigenvalue weighted by Crippen LogP contribution is 2.16. The Morgan fingerprint density at radius 2 is 2.11 bits per heavy atom. The summed E-state index contributed by atoms with van der Waals surface area (Å²) in [5.41, 5.74) is 1.19. The molecule has 0 spiro atoms. The highest BCUT2D eigenvalue weighted by atomic mass is 15.2. The molecule has 0 radical (unpaired) electrons. The van der Waals surface area contributed by atoms with Crippen LogP contribution in [0.25, 0.3) is 0 Å². The Morgan fingerprint density at radius 1 is 1.33 bits per heavy atom. The van der Waals surface area contributed by atoms with E-state index >= 15 is 0 Å². The standard InChI is InChI=1S/C14H26N4/c1-5-7-18(6-2)14-13(10-16-11-17-14)9-15-8-12(3)4/h10-12,15H,5-9H2,1-4H3. The summed E-state index contributed by atoms with van der Waals surface area (Å²) in [7, 11) is 0. The number of hydrogen-bond donors (Lipinski definition) is 1. The van der Waals surface area contributed by atoms with Crippen LogP contribution in [0.15, 0.2) is 12.5 Å². The van der Waals surface area contributed by atoms with Crippen LogP contribution in [0.5, 0.6) is 0 Å². The number of nitrogens with one attached hydrogen (secondary N) is 1. The molecule has 1 N–H and O–H groups in total. The minimum atomic E-state index is 0.663. The van der Waals surface area contributed by atoms with E-state index in [0.29, 0.717) is 5.92 Å². The predicted octanol–water partition coefficient (Wildman–Crippen LogP) is 2.46. The zero-order chi connectivity index (χ0) is 13.4. The fourth-order valence-corrected chi connectivity index (χ4v) is 1.94. The van der Waals surface area contributed by atoms with E-state index in [-0.39, 0.29) is 0 Å². The maximum Gasteiger partial charge on any atom is 0.136 e. The average Bonchev–Trinajstić information content (AvgIpc) is 2.36. The van der Waals surface area contributed by atoms with Gasteiger partial charge in [-0.3, -0.25) is 0 Å². The van der Waals surface area contributed by atoms with Crippen molar-refractivity contribution in [1.29, 1.82) is 0 Å². The molecule has 4 heteroatoms. The fraction of sp³-hybridized carbons (Fsp3) is 0.714. The van der Waals surface area contributed by atoms with Crippen molar-refractivity contribution in [3.63, 3.8) is 0 Å². The van der Waals surface area contributed by atoms with Crippen molar-refractivity contribution in [2.24, 2.45) is 5.92 Å². The Balaban J connectivity index is 2.71. The molecule has 0 fully saturated rings. The van der Waals surface area contributed by atoms with Gasteiger partial charge in [-0.25, -0.2) is 9.97 Å². The van der Waals surface area contributed by atoms with E-state index in [4.69, 9.17) is 0 Å². The summed E-state index contributed by atoms with van der Waals surface area (Å²) in [6, 6.07) is 0. The minimum absolute atomic E-state index is 0.663. The lowest BCUT2D eigenvalue weighted by Crippen LogP contribution is -2.27. The van der Waals surface area contributed by atoms with Crippen LogP contribution >= 0.6 is 0 Å². The van der Waals surface area contributed by atoms with Crippen LogP contribution in [0.2, 0.25) is 0 Å². The highest BCUT2D eigenvalue weighted by Gasteiger charge is 2.10. The zero-order valence-electron chi connectivity index (χ0n) is 12.1. The molecule has 0 saturated carbocycles. The number of rotatable bonds is 8. The molecule has 0 amide bonds. The molecule has 0 unspecified atom stereocenters. The van der Waals surface area contributed by atoms with Crippen LogP contribution in [0.3, 0.4) is 0 Å². The first kappa shape index (κ1) is 14.9. The molecule has 102 valence electrons. The molecule has 1 aromatic rings. The van der Waals surface area contributed by atoms with Gasteiger partial charge in [-0.1, -0.05) is 20.8 Å². The predicted molar refractivity (Wildman–Crippen MR) is 76.8 cm³/mol. The number of anilines is 1. The molecule has 0 bridgehead atoms. The van der Waals surface area contributed by atoms with E-state index in [2.05, 4.69) is 47.9 Å². The molecule has 0 aliphatic carbocycles. The van der Waals surface area contributed by atoms with Crippen molar-refractivity contribution in [2.75, 3.05) is 24.5 Å². The van der Waals surface area contributed by atoms with Gasteiger partial charge in [0.1, 0.15) is 12.1 Å². The third-order valence-corrected chi connectivity index (χ3v) is 2.81. The molecule has 0 aliphatic rings. The van der Waals surface area contributed by atoms with E-state index in [9.17, 15) is 0 Å². The van der Waals surface area contributed by atoms with E-state index in [1.165, 1.54) is 5.56 Å². The third kappa shape index (κ3) is 4.61. The van der Waals surface area contributed by atoms with Crippen molar-refractivity contribution in [3.05, 3.63) is 18.1 Å². The van der Waals surface area contributed by atoms with Crippen LogP contribution in [0.1, 0.15) is 39.7 Å². The Kier molecular flexibility index (Phi) is 6.65. The van der Waals surface area contributed by atoms with Gasteiger partial charge in [0.05, 0.1) is 0 Å². The number of hydrogen-bond acceptors (Lipinski definition) is 4. The summed E-state index contributed by atoms with van der Waals surface area (Å²) in [5, 5.41) is 3.46. The lowest BCUT2D eigenvalue weighted by atomic mass is 10.2. The molecule has 4 nitrogen and oxygen atoms in total. The smallest absolute Gasteiger partial charge is 0.136 e. The number of nitrogens with zero attached hydrogens (tertiary/aromatic N) is 3.